The summed E-state index contributed by atoms with van der Waals surface area (Å²) in [5, 5.41) is 3.56. The van der Waals surface area contributed by atoms with Crippen molar-refractivity contribution in [3.05, 3.63) is 0 Å². The van der Waals surface area contributed by atoms with E-state index in [1.807, 2.05) is 0 Å². The highest BCUT2D eigenvalue weighted by atomic mass is 16.5. The number of hydrogen-bond donors (Lipinski definition) is 1. The Kier molecular flexibility index (Phi) is 3.45. The van der Waals surface area contributed by atoms with E-state index in [-0.39, 0.29) is 0 Å². The first kappa shape index (κ1) is 10.4. The molecule has 4 unspecified atom stereocenters. The second-order valence-corrected chi connectivity index (χ2v) is 5.13. The summed E-state index contributed by atoms with van der Waals surface area (Å²) in [5.74, 6) is 0.862. The van der Waals surface area contributed by atoms with Gasteiger partial charge in [0.2, 0.25) is 0 Å². The van der Waals surface area contributed by atoms with Crippen LogP contribution in [0, 0.1) is 5.92 Å². The fourth-order valence-electron chi connectivity index (χ4n) is 2.69. The van der Waals surface area contributed by atoms with Crippen molar-refractivity contribution in [1.82, 2.24) is 5.32 Å². The molecule has 0 spiro atoms. The van der Waals surface area contributed by atoms with Gasteiger partial charge in [0.1, 0.15) is 0 Å². The molecular weight excluding hydrogens is 174 g/mol. The maximum Gasteiger partial charge on any atom is 0.0582 e. The number of ether oxygens (including phenoxy) is 1. The van der Waals surface area contributed by atoms with Crippen LogP contribution in [-0.4, -0.2) is 24.8 Å². The third-order valence-corrected chi connectivity index (χ3v) is 3.68. The molecule has 0 aromatic heterocycles. The largest absolute Gasteiger partial charge is 0.375 e. The van der Waals surface area contributed by atoms with Crippen LogP contribution in [0.5, 0.6) is 0 Å². The minimum atomic E-state index is 0.510. The van der Waals surface area contributed by atoms with E-state index in [1.54, 1.807) is 0 Å². The fourth-order valence-corrected chi connectivity index (χ4v) is 2.69. The lowest BCUT2D eigenvalue weighted by atomic mass is 9.90. The summed E-state index contributed by atoms with van der Waals surface area (Å²) in [6, 6.07) is 0.731. The van der Waals surface area contributed by atoms with Crippen LogP contribution in [0.15, 0.2) is 0 Å². The molecule has 0 aliphatic carbocycles. The highest BCUT2D eigenvalue weighted by molar-refractivity contribution is 4.79. The van der Waals surface area contributed by atoms with E-state index in [0.717, 1.165) is 12.0 Å². The van der Waals surface area contributed by atoms with Gasteiger partial charge in [0, 0.05) is 6.04 Å². The Morgan fingerprint density at radius 3 is 2.57 bits per heavy atom. The Morgan fingerprint density at radius 2 is 2.00 bits per heavy atom. The van der Waals surface area contributed by atoms with Crippen LogP contribution < -0.4 is 5.32 Å². The highest BCUT2D eigenvalue weighted by Gasteiger charge is 2.26. The van der Waals surface area contributed by atoms with Crippen molar-refractivity contribution in [2.75, 3.05) is 6.54 Å². The summed E-state index contributed by atoms with van der Waals surface area (Å²) < 4.78 is 5.86. The van der Waals surface area contributed by atoms with Crippen molar-refractivity contribution in [2.24, 2.45) is 5.92 Å². The van der Waals surface area contributed by atoms with Gasteiger partial charge >= 0.3 is 0 Å². The smallest absolute Gasteiger partial charge is 0.0582 e. The van der Waals surface area contributed by atoms with Crippen LogP contribution in [-0.2, 0) is 4.74 Å². The van der Waals surface area contributed by atoms with Crippen molar-refractivity contribution in [2.45, 2.75) is 64.2 Å². The van der Waals surface area contributed by atoms with Crippen LogP contribution >= 0.6 is 0 Å². The Morgan fingerprint density at radius 1 is 1.14 bits per heavy atom. The van der Waals surface area contributed by atoms with Crippen LogP contribution in [0.25, 0.3) is 0 Å². The molecule has 4 atom stereocenters. The molecule has 1 N–H and O–H groups in total. The molecule has 2 aliphatic rings. The van der Waals surface area contributed by atoms with Crippen molar-refractivity contribution >= 4 is 0 Å². The molecule has 0 aromatic rings. The van der Waals surface area contributed by atoms with E-state index in [0.29, 0.717) is 12.2 Å². The van der Waals surface area contributed by atoms with Crippen LogP contribution in [0.2, 0.25) is 0 Å². The van der Waals surface area contributed by atoms with Crippen molar-refractivity contribution in [3.63, 3.8) is 0 Å². The molecule has 14 heavy (non-hydrogen) atoms. The Labute approximate surface area is 87.4 Å². The summed E-state index contributed by atoms with van der Waals surface area (Å²) in [6.07, 6.45) is 7.63. The van der Waals surface area contributed by atoms with Gasteiger partial charge in [-0.05, 0) is 58.4 Å². The van der Waals surface area contributed by atoms with Gasteiger partial charge in [-0.15, -0.1) is 0 Å². The molecule has 2 aliphatic heterocycles. The van der Waals surface area contributed by atoms with Crippen molar-refractivity contribution < 1.29 is 4.74 Å². The maximum atomic E-state index is 5.86. The van der Waals surface area contributed by atoms with Crippen LogP contribution in [0.4, 0.5) is 0 Å². The van der Waals surface area contributed by atoms with E-state index >= 15 is 0 Å². The molecular formula is C12H23NO. The Balaban J connectivity index is 1.70. The zero-order valence-electron chi connectivity index (χ0n) is 9.46. The molecule has 0 bridgehead atoms. The van der Waals surface area contributed by atoms with Gasteiger partial charge in [0.05, 0.1) is 12.2 Å². The average Bonchev–Trinajstić information content (AvgIpc) is 2.56. The molecule has 82 valence electrons. The minimum Gasteiger partial charge on any atom is -0.375 e. The molecule has 2 saturated heterocycles. The topological polar surface area (TPSA) is 21.3 Å². The van der Waals surface area contributed by atoms with Gasteiger partial charge in [-0.2, -0.15) is 0 Å². The molecule has 2 heterocycles. The van der Waals surface area contributed by atoms with Gasteiger partial charge in [0.15, 0.2) is 0 Å². The summed E-state index contributed by atoms with van der Waals surface area (Å²) in [7, 11) is 0. The monoisotopic (exact) mass is 197 g/mol. The number of piperidine rings is 1. The second-order valence-electron chi connectivity index (χ2n) is 5.13. The van der Waals surface area contributed by atoms with E-state index < -0.39 is 0 Å². The molecule has 2 fully saturated rings. The van der Waals surface area contributed by atoms with E-state index in [9.17, 15) is 0 Å². The Bertz CT molecular complexity index is 175. The molecule has 2 nitrogen and oxygen atoms in total. The lowest BCUT2D eigenvalue weighted by molar-refractivity contribution is 0.0373. The number of nitrogens with one attached hydrogen (secondary N) is 1. The molecule has 2 rings (SSSR count). The van der Waals surface area contributed by atoms with Gasteiger partial charge in [-0.25, -0.2) is 0 Å². The normalized spacial score (nSPS) is 44.1. The zero-order chi connectivity index (χ0) is 9.97. The molecule has 2 heteroatoms. The second kappa shape index (κ2) is 4.63. The van der Waals surface area contributed by atoms with Crippen LogP contribution in [0.1, 0.15) is 46.0 Å². The predicted molar refractivity (Wildman–Crippen MR) is 58.4 cm³/mol. The van der Waals surface area contributed by atoms with Crippen LogP contribution in [0.3, 0.4) is 0 Å². The van der Waals surface area contributed by atoms with Gasteiger partial charge in [-0.3, -0.25) is 0 Å². The minimum absolute atomic E-state index is 0.510. The summed E-state index contributed by atoms with van der Waals surface area (Å²) >= 11 is 0. The summed E-state index contributed by atoms with van der Waals surface area (Å²) in [5.41, 5.74) is 0. The maximum absolute atomic E-state index is 5.86. The summed E-state index contributed by atoms with van der Waals surface area (Å²) in [4.78, 5) is 0. The van der Waals surface area contributed by atoms with Gasteiger partial charge in [-0.1, -0.05) is 0 Å². The van der Waals surface area contributed by atoms with Crippen molar-refractivity contribution in [3.8, 4) is 0 Å². The first-order valence-corrected chi connectivity index (χ1v) is 6.13. The van der Waals surface area contributed by atoms with Gasteiger partial charge in [0.25, 0.3) is 0 Å². The highest BCUT2D eigenvalue weighted by Crippen LogP contribution is 2.27. The first-order chi connectivity index (χ1) is 6.74. The van der Waals surface area contributed by atoms with E-state index in [4.69, 9.17) is 4.74 Å². The lowest BCUT2D eigenvalue weighted by Crippen LogP contribution is -2.38. The molecule has 0 radical (unpaired) electrons. The van der Waals surface area contributed by atoms with E-state index in [1.165, 1.54) is 38.6 Å². The average molecular weight is 197 g/mol. The molecule has 0 amide bonds. The number of hydrogen-bond acceptors (Lipinski definition) is 2. The zero-order valence-corrected chi connectivity index (χ0v) is 9.46. The third-order valence-electron chi connectivity index (χ3n) is 3.68. The van der Waals surface area contributed by atoms with E-state index in [2.05, 4.69) is 19.2 Å². The predicted octanol–water partition coefficient (Wildman–Crippen LogP) is 2.33. The lowest BCUT2D eigenvalue weighted by Gasteiger charge is -2.29. The standard InChI is InChI=1S/C12H23NO/c1-9-3-5-11(8-13-9)7-12-6-4-10(2)14-12/h9-13H,3-8H2,1-2H3. The van der Waals surface area contributed by atoms with Crippen molar-refractivity contribution in [1.29, 1.82) is 0 Å². The quantitative estimate of drug-likeness (QED) is 0.733. The summed E-state index contributed by atoms with van der Waals surface area (Å²) in [6.45, 7) is 5.68. The molecule has 0 saturated carbocycles. The number of rotatable bonds is 2. The fraction of sp³-hybridized carbons (Fsp3) is 1.00. The van der Waals surface area contributed by atoms with Gasteiger partial charge < -0.3 is 10.1 Å². The first-order valence-electron chi connectivity index (χ1n) is 6.13. The Hall–Kier alpha value is -0.0800. The third kappa shape index (κ3) is 2.71. The molecule has 0 aromatic carbocycles. The SMILES string of the molecule is CC1CCC(CC2CCC(C)O2)CN1.